The smallest absolute Gasteiger partial charge is 0.428 e. The molecule has 1 aliphatic rings. The van der Waals surface area contributed by atoms with E-state index in [0.717, 1.165) is 6.07 Å². The molecule has 0 bridgehead atoms. The van der Waals surface area contributed by atoms with Crippen LogP contribution in [0.4, 0.5) is 17.6 Å². The minimum Gasteiger partial charge on any atom is -0.428 e. The molecule has 0 aromatic heterocycles. The van der Waals surface area contributed by atoms with Crippen LogP contribution in [0.25, 0.3) is 0 Å². The second-order valence-corrected chi connectivity index (χ2v) is 3.58. The third-order valence-corrected chi connectivity index (χ3v) is 2.29. The molecule has 0 saturated carbocycles. The summed E-state index contributed by atoms with van der Waals surface area (Å²) in [7, 11) is 0. The van der Waals surface area contributed by atoms with Crippen molar-refractivity contribution in [2.75, 3.05) is 13.2 Å². The lowest BCUT2D eigenvalue weighted by molar-refractivity contribution is -0.254. The van der Waals surface area contributed by atoms with E-state index in [1.807, 2.05) is 0 Å². The van der Waals surface area contributed by atoms with Gasteiger partial charge in [-0.25, -0.2) is 0 Å². The molecule has 0 spiro atoms. The van der Waals surface area contributed by atoms with Gasteiger partial charge in [-0.1, -0.05) is 18.2 Å². The van der Waals surface area contributed by atoms with Gasteiger partial charge < -0.3 is 14.2 Å². The highest BCUT2D eigenvalue weighted by Crippen LogP contribution is 2.35. The third-order valence-electron chi connectivity index (χ3n) is 2.29. The van der Waals surface area contributed by atoms with E-state index in [2.05, 4.69) is 4.74 Å². The van der Waals surface area contributed by atoms with Crippen LogP contribution in [0.2, 0.25) is 0 Å². The molecule has 0 N–H and O–H groups in total. The molecule has 1 aromatic rings. The zero-order chi connectivity index (χ0) is 13.2. The van der Waals surface area contributed by atoms with Gasteiger partial charge in [0.05, 0.1) is 13.2 Å². The van der Waals surface area contributed by atoms with E-state index in [-0.39, 0.29) is 11.3 Å². The van der Waals surface area contributed by atoms with Gasteiger partial charge >= 0.3 is 12.5 Å². The van der Waals surface area contributed by atoms with Crippen LogP contribution in [0.5, 0.6) is 5.75 Å². The maximum Gasteiger partial charge on any atom is 0.461 e. The zero-order valence-electron chi connectivity index (χ0n) is 9.11. The second-order valence-electron chi connectivity index (χ2n) is 3.58. The fourth-order valence-corrected chi connectivity index (χ4v) is 1.50. The van der Waals surface area contributed by atoms with Gasteiger partial charge in [-0.2, -0.15) is 17.6 Å². The van der Waals surface area contributed by atoms with Crippen LogP contribution >= 0.6 is 0 Å². The summed E-state index contributed by atoms with van der Waals surface area (Å²) >= 11 is 0. The molecule has 100 valence electrons. The van der Waals surface area contributed by atoms with E-state index < -0.39 is 18.8 Å². The quantitative estimate of drug-likeness (QED) is 0.784. The van der Waals surface area contributed by atoms with Gasteiger partial charge in [0.25, 0.3) is 0 Å². The predicted octanol–water partition coefficient (Wildman–Crippen LogP) is 2.97. The van der Waals surface area contributed by atoms with Crippen molar-refractivity contribution in [2.45, 2.75) is 18.8 Å². The lowest BCUT2D eigenvalue weighted by Gasteiger charge is -2.20. The van der Waals surface area contributed by atoms with Crippen molar-refractivity contribution < 1.29 is 31.8 Å². The molecule has 7 heteroatoms. The van der Waals surface area contributed by atoms with Gasteiger partial charge in [-0.3, -0.25) is 0 Å². The van der Waals surface area contributed by atoms with Crippen LogP contribution in [0.15, 0.2) is 24.3 Å². The molecule has 1 fully saturated rings. The van der Waals surface area contributed by atoms with Gasteiger partial charge in [0.2, 0.25) is 0 Å². The van der Waals surface area contributed by atoms with E-state index in [0.29, 0.717) is 13.2 Å². The van der Waals surface area contributed by atoms with Crippen LogP contribution in [0.3, 0.4) is 0 Å². The predicted molar refractivity (Wildman–Crippen MR) is 52.7 cm³/mol. The topological polar surface area (TPSA) is 27.7 Å². The lowest BCUT2D eigenvalue weighted by Crippen LogP contribution is -2.33. The van der Waals surface area contributed by atoms with E-state index in [1.54, 1.807) is 6.07 Å². The summed E-state index contributed by atoms with van der Waals surface area (Å²) in [6.45, 7) is 0.620. The number of halogens is 4. The molecule has 2 rings (SSSR count). The van der Waals surface area contributed by atoms with Gasteiger partial charge in [0.1, 0.15) is 5.75 Å². The highest BCUT2D eigenvalue weighted by Gasteiger charge is 2.44. The first-order chi connectivity index (χ1) is 8.50. The molecule has 0 amide bonds. The Morgan fingerprint density at radius 2 is 1.78 bits per heavy atom. The van der Waals surface area contributed by atoms with Crippen molar-refractivity contribution >= 4 is 0 Å². The van der Waals surface area contributed by atoms with Crippen LogP contribution in [0.1, 0.15) is 11.9 Å². The van der Waals surface area contributed by atoms with Crippen molar-refractivity contribution in [2.24, 2.45) is 0 Å². The van der Waals surface area contributed by atoms with Crippen LogP contribution < -0.4 is 4.74 Å². The minimum atomic E-state index is -4.55. The first-order valence-corrected chi connectivity index (χ1v) is 5.18. The molecule has 1 aromatic carbocycles. The molecule has 0 unspecified atom stereocenters. The molecule has 1 saturated heterocycles. The Balaban J connectivity index is 2.22. The number of para-hydroxylation sites is 1. The fourth-order valence-electron chi connectivity index (χ4n) is 1.50. The number of rotatable bonds is 4. The summed E-state index contributed by atoms with van der Waals surface area (Å²) in [6.07, 6.45) is -9.32. The Labute approximate surface area is 100 Å². The van der Waals surface area contributed by atoms with Crippen LogP contribution in [0, 0.1) is 0 Å². The van der Waals surface area contributed by atoms with E-state index in [9.17, 15) is 17.6 Å². The van der Waals surface area contributed by atoms with E-state index in [4.69, 9.17) is 9.47 Å². The van der Waals surface area contributed by atoms with Crippen molar-refractivity contribution in [3.05, 3.63) is 29.8 Å². The van der Waals surface area contributed by atoms with Crippen LogP contribution in [-0.4, -0.2) is 25.7 Å². The second kappa shape index (κ2) is 5.11. The highest BCUT2D eigenvalue weighted by atomic mass is 19.3. The Bertz CT molecular complexity index is 405. The summed E-state index contributed by atoms with van der Waals surface area (Å²) in [6, 6.07) is 5.53. The molecule has 0 atom stereocenters. The first kappa shape index (κ1) is 13.1. The first-order valence-electron chi connectivity index (χ1n) is 5.18. The molecule has 0 radical (unpaired) electrons. The van der Waals surface area contributed by atoms with Gasteiger partial charge in [-0.05, 0) is 6.07 Å². The van der Waals surface area contributed by atoms with Crippen LogP contribution in [-0.2, 0) is 9.47 Å². The summed E-state index contributed by atoms with van der Waals surface area (Å²) in [4.78, 5) is 0. The van der Waals surface area contributed by atoms with E-state index in [1.165, 1.54) is 12.1 Å². The number of hydrogen-bond donors (Lipinski definition) is 0. The Hall–Kier alpha value is -1.34. The highest BCUT2D eigenvalue weighted by molar-refractivity contribution is 5.34. The number of ether oxygens (including phenoxy) is 3. The Kier molecular flexibility index (Phi) is 3.72. The zero-order valence-corrected chi connectivity index (χ0v) is 9.11. The van der Waals surface area contributed by atoms with E-state index >= 15 is 0 Å². The normalized spacial score (nSPS) is 17.4. The molecule has 1 heterocycles. The monoisotopic (exact) mass is 266 g/mol. The molecular formula is C11H10F4O3. The number of benzene rings is 1. The average molecular weight is 266 g/mol. The third kappa shape index (κ3) is 2.73. The number of alkyl halides is 4. The molecule has 1 aliphatic heterocycles. The Morgan fingerprint density at radius 3 is 2.39 bits per heavy atom. The SMILES string of the molecule is FC(F)C(F)(F)Oc1ccccc1C1OCCO1. The summed E-state index contributed by atoms with van der Waals surface area (Å²) in [5.41, 5.74) is 0.162. The molecular weight excluding hydrogens is 256 g/mol. The standard InChI is InChI=1S/C11H10F4O3/c12-10(13)11(14,15)18-8-4-2-1-3-7(8)9-16-5-6-17-9/h1-4,9-10H,5-6H2. The lowest BCUT2D eigenvalue weighted by atomic mass is 10.2. The van der Waals surface area contributed by atoms with Gasteiger partial charge in [0.15, 0.2) is 6.29 Å². The van der Waals surface area contributed by atoms with Crippen molar-refractivity contribution in [3.63, 3.8) is 0 Å². The van der Waals surface area contributed by atoms with Crippen molar-refractivity contribution in [3.8, 4) is 5.75 Å². The minimum absolute atomic E-state index is 0.162. The fraction of sp³-hybridized carbons (Fsp3) is 0.455. The summed E-state index contributed by atoms with van der Waals surface area (Å²) in [5, 5.41) is 0. The molecule has 18 heavy (non-hydrogen) atoms. The maximum atomic E-state index is 12.8. The molecule has 3 nitrogen and oxygen atoms in total. The molecule has 0 aliphatic carbocycles. The van der Waals surface area contributed by atoms with Crippen molar-refractivity contribution in [1.82, 2.24) is 0 Å². The maximum absolute atomic E-state index is 12.8. The van der Waals surface area contributed by atoms with Gasteiger partial charge in [-0.15, -0.1) is 0 Å². The summed E-state index contributed by atoms with van der Waals surface area (Å²) < 4.78 is 64.1. The van der Waals surface area contributed by atoms with Crippen molar-refractivity contribution in [1.29, 1.82) is 0 Å². The number of hydrogen-bond acceptors (Lipinski definition) is 3. The van der Waals surface area contributed by atoms with Gasteiger partial charge in [0, 0.05) is 5.56 Å². The summed E-state index contributed by atoms with van der Waals surface area (Å²) in [5.74, 6) is -0.380. The Morgan fingerprint density at radius 1 is 1.17 bits per heavy atom. The average Bonchev–Trinajstić information content (AvgIpc) is 2.82. The largest absolute Gasteiger partial charge is 0.461 e.